The molecule has 0 spiro atoms. The number of aryl methyl sites for hydroxylation is 1. The molecule has 0 unspecified atom stereocenters. The van der Waals surface area contributed by atoms with E-state index >= 15 is 0 Å². The predicted molar refractivity (Wildman–Crippen MR) is 55.9 cm³/mol. The first-order chi connectivity index (χ1) is 7.21. The summed E-state index contributed by atoms with van der Waals surface area (Å²) in [5.74, 6) is -1.73. The minimum Gasteiger partial charge on any atom is -0.354 e. The second-order valence-electron chi connectivity index (χ2n) is 3.50. The molecule has 0 aromatic carbocycles. The van der Waals surface area contributed by atoms with E-state index in [1.54, 1.807) is 25.9 Å². The number of thiazole rings is 1. The van der Waals surface area contributed by atoms with Gasteiger partial charge < -0.3 is 4.90 Å². The average Bonchev–Trinajstić information content (AvgIpc) is 2.46. The number of ketones is 1. The van der Waals surface area contributed by atoms with Crippen LogP contribution in [0.5, 0.6) is 0 Å². The Balaban J connectivity index is 2.86. The number of aromatic nitrogens is 1. The molecule has 7 heteroatoms. The van der Waals surface area contributed by atoms with E-state index in [4.69, 9.17) is 0 Å². The van der Waals surface area contributed by atoms with Crippen LogP contribution >= 0.6 is 11.3 Å². The summed E-state index contributed by atoms with van der Waals surface area (Å²) >= 11 is 1.11. The Morgan fingerprint density at radius 2 is 2.00 bits per heavy atom. The van der Waals surface area contributed by atoms with Crippen LogP contribution in [0.4, 0.5) is 18.3 Å². The molecule has 0 aliphatic carbocycles. The summed E-state index contributed by atoms with van der Waals surface area (Å²) in [7, 11) is 3.49. The van der Waals surface area contributed by atoms with Crippen LogP contribution in [0.25, 0.3) is 0 Å². The second kappa shape index (κ2) is 4.40. The summed E-state index contributed by atoms with van der Waals surface area (Å²) in [5.41, 5.74) is 0.478. The van der Waals surface area contributed by atoms with Crippen molar-refractivity contribution < 1.29 is 18.0 Å². The third kappa shape index (κ3) is 2.94. The fourth-order valence-electron chi connectivity index (χ4n) is 1.01. The Bertz CT molecular complexity index is 398. The molecule has 16 heavy (non-hydrogen) atoms. The Labute approximate surface area is 94.9 Å². The van der Waals surface area contributed by atoms with E-state index in [1.165, 1.54) is 0 Å². The lowest BCUT2D eigenvalue weighted by Crippen LogP contribution is -2.24. The van der Waals surface area contributed by atoms with Gasteiger partial charge in [-0.3, -0.25) is 4.79 Å². The predicted octanol–water partition coefficient (Wildman–Crippen LogP) is 2.19. The van der Waals surface area contributed by atoms with Gasteiger partial charge in [-0.05, 0) is 6.92 Å². The molecule has 90 valence electrons. The maximum Gasteiger partial charge on any atom is 0.450 e. The number of halogens is 3. The largest absolute Gasteiger partial charge is 0.450 e. The quantitative estimate of drug-likeness (QED) is 0.826. The average molecular weight is 252 g/mol. The highest BCUT2D eigenvalue weighted by atomic mass is 32.1. The van der Waals surface area contributed by atoms with Crippen molar-refractivity contribution in [2.45, 2.75) is 19.5 Å². The van der Waals surface area contributed by atoms with Crippen molar-refractivity contribution >= 4 is 22.3 Å². The van der Waals surface area contributed by atoms with Crippen LogP contribution in [-0.4, -0.2) is 31.0 Å². The zero-order chi connectivity index (χ0) is 12.5. The molecule has 0 bridgehead atoms. The van der Waals surface area contributed by atoms with E-state index in [1.807, 2.05) is 0 Å². The Morgan fingerprint density at radius 1 is 1.44 bits per heavy atom. The van der Waals surface area contributed by atoms with Crippen LogP contribution in [0.1, 0.15) is 10.6 Å². The van der Waals surface area contributed by atoms with Gasteiger partial charge in [-0.2, -0.15) is 13.2 Å². The Kier molecular flexibility index (Phi) is 3.57. The molecule has 3 nitrogen and oxygen atoms in total. The molecule has 0 saturated carbocycles. The van der Waals surface area contributed by atoms with Crippen LogP contribution in [-0.2, 0) is 11.2 Å². The van der Waals surface area contributed by atoms with Crippen LogP contribution in [0.15, 0.2) is 0 Å². The number of carbonyl (C=O) groups is 1. The van der Waals surface area contributed by atoms with Crippen molar-refractivity contribution in [2.24, 2.45) is 0 Å². The van der Waals surface area contributed by atoms with E-state index in [-0.39, 0.29) is 0 Å². The third-order valence-corrected chi connectivity index (χ3v) is 3.23. The standard InChI is InChI=1S/C9H11F3N2OS/c1-5-6(4-7(15)9(10,11)12)16-8(13-5)14(2)3/h4H2,1-3H3. The fourth-order valence-corrected chi connectivity index (χ4v) is 2.00. The van der Waals surface area contributed by atoms with Crippen molar-refractivity contribution in [3.8, 4) is 0 Å². The first kappa shape index (κ1) is 13.0. The number of hydrogen-bond donors (Lipinski definition) is 0. The first-order valence-electron chi connectivity index (χ1n) is 4.45. The molecule has 0 N–H and O–H groups in total. The minimum absolute atomic E-state index is 0.367. The van der Waals surface area contributed by atoms with Gasteiger partial charge in [-0.15, -0.1) is 11.3 Å². The van der Waals surface area contributed by atoms with E-state index in [0.29, 0.717) is 15.7 Å². The Hall–Kier alpha value is -1.11. The molecule has 0 atom stereocenters. The lowest BCUT2D eigenvalue weighted by atomic mass is 10.2. The molecular weight excluding hydrogens is 241 g/mol. The number of carbonyl (C=O) groups excluding carboxylic acids is 1. The smallest absolute Gasteiger partial charge is 0.354 e. The molecule has 1 aromatic rings. The molecule has 1 rings (SSSR count). The van der Waals surface area contributed by atoms with Gasteiger partial charge >= 0.3 is 6.18 Å². The summed E-state index contributed by atoms with van der Waals surface area (Å²) in [6, 6.07) is 0. The second-order valence-corrected chi connectivity index (χ2v) is 4.56. The number of rotatable bonds is 3. The number of nitrogens with zero attached hydrogens (tertiary/aromatic N) is 2. The molecule has 0 aliphatic rings. The third-order valence-electron chi connectivity index (χ3n) is 1.90. The summed E-state index contributed by atoms with van der Waals surface area (Å²) in [4.78, 5) is 16.9. The number of hydrogen-bond acceptors (Lipinski definition) is 4. The summed E-state index contributed by atoms with van der Waals surface area (Å²) in [6.07, 6.45) is -5.39. The lowest BCUT2D eigenvalue weighted by Gasteiger charge is -2.05. The maximum atomic E-state index is 12.1. The summed E-state index contributed by atoms with van der Waals surface area (Å²) < 4.78 is 36.2. The van der Waals surface area contributed by atoms with Gasteiger partial charge in [0, 0.05) is 19.0 Å². The van der Waals surface area contributed by atoms with E-state index < -0.39 is 18.4 Å². The van der Waals surface area contributed by atoms with Gasteiger partial charge in [-0.1, -0.05) is 0 Å². The number of anilines is 1. The van der Waals surface area contributed by atoms with Gasteiger partial charge in [0.15, 0.2) is 5.13 Å². The lowest BCUT2D eigenvalue weighted by molar-refractivity contribution is -0.170. The summed E-state index contributed by atoms with van der Waals surface area (Å²) in [5, 5.41) is 0.600. The topological polar surface area (TPSA) is 33.2 Å². The van der Waals surface area contributed by atoms with E-state index in [0.717, 1.165) is 11.3 Å². The van der Waals surface area contributed by atoms with Crippen molar-refractivity contribution in [1.82, 2.24) is 4.98 Å². The van der Waals surface area contributed by atoms with E-state index in [9.17, 15) is 18.0 Å². The van der Waals surface area contributed by atoms with Gasteiger partial charge in [0.05, 0.1) is 12.1 Å². The van der Waals surface area contributed by atoms with Gasteiger partial charge in [-0.25, -0.2) is 4.98 Å². The molecular formula is C9H11F3N2OS. The zero-order valence-electron chi connectivity index (χ0n) is 9.05. The molecule has 0 fully saturated rings. The highest BCUT2D eigenvalue weighted by molar-refractivity contribution is 7.15. The zero-order valence-corrected chi connectivity index (χ0v) is 9.87. The number of Topliss-reactive ketones (excluding diaryl/α,β-unsaturated/α-hetero) is 1. The molecule has 0 saturated heterocycles. The molecule has 0 amide bonds. The van der Waals surface area contributed by atoms with E-state index in [2.05, 4.69) is 4.98 Å². The summed E-state index contributed by atoms with van der Waals surface area (Å²) in [6.45, 7) is 1.60. The van der Waals surface area contributed by atoms with Crippen LogP contribution in [0, 0.1) is 6.92 Å². The molecule has 1 heterocycles. The van der Waals surface area contributed by atoms with Gasteiger partial charge in [0.2, 0.25) is 5.78 Å². The van der Waals surface area contributed by atoms with Crippen molar-refractivity contribution in [3.05, 3.63) is 10.6 Å². The first-order valence-corrected chi connectivity index (χ1v) is 5.27. The van der Waals surface area contributed by atoms with Crippen molar-refractivity contribution in [1.29, 1.82) is 0 Å². The maximum absolute atomic E-state index is 12.1. The van der Waals surface area contributed by atoms with Crippen LogP contribution in [0.2, 0.25) is 0 Å². The monoisotopic (exact) mass is 252 g/mol. The normalized spacial score (nSPS) is 11.6. The SMILES string of the molecule is Cc1nc(N(C)C)sc1CC(=O)C(F)(F)F. The highest BCUT2D eigenvalue weighted by Gasteiger charge is 2.38. The highest BCUT2D eigenvalue weighted by Crippen LogP contribution is 2.27. The van der Waals surface area contributed by atoms with Crippen molar-refractivity contribution in [2.75, 3.05) is 19.0 Å². The fraction of sp³-hybridized carbons (Fsp3) is 0.556. The number of alkyl halides is 3. The van der Waals surface area contributed by atoms with Crippen LogP contribution < -0.4 is 4.90 Å². The molecule has 0 radical (unpaired) electrons. The molecule has 0 aliphatic heterocycles. The minimum atomic E-state index is -4.77. The van der Waals surface area contributed by atoms with Gasteiger partial charge in [0.1, 0.15) is 0 Å². The van der Waals surface area contributed by atoms with Crippen LogP contribution in [0.3, 0.4) is 0 Å². The molecule has 1 aromatic heterocycles. The van der Waals surface area contributed by atoms with Gasteiger partial charge in [0.25, 0.3) is 0 Å². The Morgan fingerprint density at radius 3 is 2.38 bits per heavy atom. The van der Waals surface area contributed by atoms with Crippen molar-refractivity contribution in [3.63, 3.8) is 0 Å².